The van der Waals surface area contributed by atoms with Crippen molar-refractivity contribution < 1.29 is 27.9 Å². The van der Waals surface area contributed by atoms with Crippen LogP contribution < -0.4 is 15.2 Å². The Bertz CT molecular complexity index is 1680. The topological polar surface area (TPSA) is 160 Å². The molecule has 2 heterocycles. The molecule has 2 aromatic carbocycles. The maximum atomic E-state index is 14.8. The van der Waals surface area contributed by atoms with Crippen LogP contribution in [0, 0.1) is 40.6 Å². The number of carbonyl (C=O) groups is 2. The van der Waals surface area contributed by atoms with Crippen LogP contribution in [0.15, 0.2) is 60.8 Å². The predicted molar refractivity (Wildman–Crippen MR) is 150 cm³/mol. The van der Waals surface area contributed by atoms with Crippen LogP contribution in [-0.4, -0.2) is 51.3 Å². The third kappa shape index (κ3) is 5.91. The van der Waals surface area contributed by atoms with Crippen LogP contribution in [0.4, 0.5) is 24.7 Å². The Kier molecular flexibility index (Phi) is 8.25. The number of aryl methyl sites for hydroxylation is 1. The number of aliphatic hydroxyl groups excluding tert-OH is 1. The summed E-state index contributed by atoms with van der Waals surface area (Å²) in [7, 11) is 0. The zero-order chi connectivity index (χ0) is 31.8. The second-order valence-corrected chi connectivity index (χ2v) is 10.6. The molecule has 1 saturated carbocycles. The largest absolute Gasteiger partial charge is 0.766 e. The zero-order valence-electron chi connectivity index (χ0n) is 23.2. The number of amides is 2. The summed E-state index contributed by atoms with van der Waals surface area (Å²) >= 11 is 0. The number of halogens is 3. The summed E-state index contributed by atoms with van der Waals surface area (Å²) in [6, 6.07) is 13.2. The summed E-state index contributed by atoms with van der Waals surface area (Å²) in [5, 5.41) is 47.6. The van der Waals surface area contributed by atoms with E-state index in [1.54, 1.807) is 31.2 Å². The SMILES string of the molecule is Cc1ccccc1C(C(=O)NC1CC(F)(F)C1)N(c1cc(F)cc(C#N)c1)N([O-])[C@@H]1C[C@@H](O)C(=O)N1c1cc(C#N)ccn1. The molecule has 2 fully saturated rings. The fourth-order valence-corrected chi connectivity index (χ4v) is 5.40. The van der Waals surface area contributed by atoms with Crippen molar-refractivity contribution in [2.45, 2.75) is 56.5 Å². The highest BCUT2D eigenvalue weighted by atomic mass is 19.3. The monoisotopic (exact) mass is 604 g/mol. The number of hydroxylamine groups is 1. The Morgan fingerprint density at radius 3 is 2.52 bits per heavy atom. The number of pyridine rings is 1. The molecule has 11 nitrogen and oxygen atoms in total. The first kappa shape index (κ1) is 30.4. The van der Waals surface area contributed by atoms with Crippen LogP contribution in [0.25, 0.3) is 0 Å². The van der Waals surface area contributed by atoms with Crippen LogP contribution >= 0.6 is 0 Å². The Labute approximate surface area is 249 Å². The van der Waals surface area contributed by atoms with Crippen molar-refractivity contribution in [2.24, 2.45) is 0 Å². The van der Waals surface area contributed by atoms with Crippen LogP contribution in [0.1, 0.15) is 47.6 Å². The lowest BCUT2D eigenvalue weighted by Crippen LogP contribution is -2.58. The number of anilines is 2. The molecular weight excluding hydrogens is 579 g/mol. The summed E-state index contributed by atoms with van der Waals surface area (Å²) in [4.78, 5) is 32.0. The maximum Gasteiger partial charge on any atom is 0.258 e. The summed E-state index contributed by atoms with van der Waals surface area (Å²) in [6.07, 6.45) is -3.71. The zero-order valence-corrected chi connectivity index (χ0v) is 23.2. The minimum atomic E-state index is -2.96. The lowest BCUT2D eigenvalue weighted by atomic mass is 9.87. The molecule has 44 heavy (non-hydrogen) atoms. The van der Waals surface area contributed by atoms with Gasteiger partial charge in [0.05, 0.1) is 35.1 Å². The highest BCUT2D eigenvalue weighted by molar-refractivity contribution is 5.98. The van der Waals surface area contributed by atoms with Gasteiger partial charge in [0.1, 0.15) is 23.8 Å². The van der Waals surface area contributed by atoms with Gasteiger partial charge in [-0.05, 0) is 48.4 Å². The summed E-state index contributed by atoms with van der Waals surface area (Å²) in [5.74, 6) is -5.80. The van der Waals surface area contributed by atoms with Gasteiger partial charge in [-0.15, -0.1) is 0 Å². The highest BCUT2D eigenvalue weighted by Crippen LogP contribution is 2.40. The normalized spacial score (nSPS) is 20.0. The Morgan fingerprint density at radius 1 is 1.16 bits per heavy atom. The molecule has 1 saturated heterocycles. The van der Waals surface area contributed by atoms with Gasteiger partial charge in [0.25, 0.3) is 11.8 Å². The number of nitrogens with one attached hydrogen (secondary N) is 1. The number of carbonyl (C=O) groups excluding carboxylic acids is 2. The van der Waals surface area contributed by atoms with E-state index in [4.69, 9.17) is 0 Å². The molecule has 2 amide bonds. The number of benzene rings is 2. The molecule has 0 radical (unpaired) electrons. The molecule has 1 aliphatic heterocycles. The van der Waals surface area contributed by atoms with E-state index in [0.29, 0.717) is 5.56 Å². The summed E-state index contributed by atoms with van der Waals surface area (Å²) < 4.78 is 42.2. The van der Waals surface area contributed by atoms with E-state index in [0.717, 1.165) is 28.1 Å². The van der Waals surface area contributed by atoms with Gasteiger partial charge in [-0.25, -0.2) is 18.2 Å². The molecule has 14 heteroatoms. The van der Waals surface area contributed by atoms with Crippen molar-refractivity contribution in [3.63, 3.8) is 0 Å². The van der Waals surface area contributed by atoms with E-state index >= 15 is 0 Å². The Hall–Kier alpha value is -5.02. The van der Waals surface area contributed by atoms with E-state index in [1.165, 1.54) is 24.4 Å². The van der Waals surface area contributed by atoms with E-state index in [-0.39, 0.29) is 33.4 Å². The molecule has 226 valence electrons. The van der Waals surface area contributed by atoms with Crippen molar-refractivity contribution in [1.29, 1.82) is 10.5 Å². The molecule has 0 spiro atoms. The average Bonchev–Trinajstić information content (AvgIpc) is 3.28. The summed E-state index contributed by atoms with van der Waals surface area (Å²) in [5.41, 5.74) is 0.427. The van der Waals surface area contributed by atoms with Gasteiger partial charge in [-0.3, -0.25) is 24.7 Å². The molecule has 2 aliphatic rings. The van der Waals surface area contributed by atoms with Gasteiger partial charge in [0, 0.05) is 31.5 Å². The number of hydrazine groups is 1. The van der Waals surface area contributed by atoms with Crippen LogP contribution in [0.2, 0.25) is 0 Å². The third-order valence-electron chi connectivity index (χ3n) is 7.53. The van der Waals surface area contributed by atoms with Crippen LogP contribution in [-0.2, 0) is 9.59 Å². The van der Waals surface area contributed by atoms with Crippen LogP contribution in [0.5, 0.6) is 0 Å². The lowest BCUT2D eigenvalue weighted by molar-refractivity contribution is -0.131. The van der Waals surface area contributed by atoms with Gasteiger partial charge in [0.15, 0.2) is 0 Å². The second-order valence-electron chi connectivity index (χ2n) is 10.6. The highest BCUT2D eigenvalue weighted by Gasteiger charge is 2.48. The van der Waals surface area contributed by atoms with Crippen molar-refractivity contribution in [2.75, 3.05) is 9.91 Å². The van der Waals surface area contributed by atoms with Crippen molar-refractivity contribution in [3.05, 3.63) is 94.1 Å². The van der Waals surface area contributed by atoms with Gasteiger partial charge in [-0.1, -0.05) is 24.3 Å². The standard InChI is InChI=1S/C30H25F3N7O4/c1-17-4-2-3-5-23(17)27(28(42)37-21-13-30(32,33)14-21)39(22-9-19(16-35)8-20(31)11-22)40(44)26-12-24(41)29(43)38(26)25-10-18(15-34)6-7-36-25/h2-11,21,24,26-27,41H,12-14H2,1H3,(H,37,42)/q-1/t24-,26-,27?/m1/s1. The van der Waals surface area contributed by atoms with Gasteiger partial charge < -0.3 is 15.6 Å². The number of alkyl halides is 2. The van der Waals surface area contributed by atoms with E-state index < -0.39 is 67.2 Å². The number of aromatic nitrogens is 1. The number of aliphatic hydroxyl groups is 1. The fraction of sp³-hybridized carbons (Fsp3) is 0.300. The van der Waals surface area contributed by atoms with E-state index in [1.807, 2.05) is 6.07 Å². The predicted octanol–water partition coefficient (Wildman–Crippen LogP) is 3.57. The molecule has 0 bridgehead atoms. The maximum absolute atomic E-state index is 14.8. The lowest BCUT2D eigenvalue weighted by Gasteiger charge is -2.50. The molecule has 5 rings (SSSR count). The number of rotatable bonds is 8. The number of nitrogens with zero attached hydrogens (tertiary/aromatic N) is 6. The number of hydrogen-bond donors (Lipinski definition) is 2. The van der Waals surface area contributed by atoms with Crippen molar-refractivity contribution in [1.82, 2.24) is 15.5 Å². The summed E-state index contributed by atoms with van der Waals surface area (Å²) in [6.45, 7) is 1.65. The Balaban J connectivity index is 1.66. The third-order valence-corrected chi connectivity index (χ3v) is 7.53. The van der Waals surface area contributed by atoms with Gasteiger partial charge >= 0.3 is 0 Å². The van der Waals surface area contributed by atoms with Crippen LogP contribution in [0.3, 0.4) is 0 Å². The van der Waals surface area contributed by atoms with Gasteiger partial charge in [-0.2, -0.15) is 10.5 Å². The Morgan fingerprint density at radius 2 is 1.86 bits per heavy atom. The molecule has 1 aliphatic carbocycles. The molecule has 3 atom stereocenters. The second kappa shape index (κ2) is 11.9. The molecule has 1 aromatic heterocycles. The number of nitriles is 2. The first-order valence-electron chi connectivity index (χ1n) is 13.5. The van der Waals surface area contributed by atoms with Crippen molar-refractivity contribution >= 4 is 23.3 Å². The molecule has 1 unspecified atom stereocenters. The first-order valence-corrected chi connectivity index (χ1v) is 13.5. The number of hydrogen-bond acceptors (Lipinski definition) is 9. The van der Waals surface area contributed by atoms with E-state index in [2.05, 4.69) is 10.3 Å². The molecule has 2 N–H and O–H groups in total. The minimum absolute atomic E-state index is 0.107. The fourth-order valence-electron chi connectivity index (χ4n) is 5.40. The molecule has 3 aromatic rings. The minimum Gasteiger partial charge on any atom is -0.766 e. The van der Waals surface area contributed by atoms with E-state index in [9.17, 15) is 43.6 Å². The average molecular weight is 605 g/mol. The quantitative estimate of drug-likeness (QED) is 0.367. The molecular formula is C30H25F3N7O4-. The smallest absolute Gasteiger partial charge is 0.258 e. The first-order chi connectivity index (χ1) is 20.9. The van der Waals surface area contributed by atoms with Gasteiger partial charge in [0.2, 0.25) is 5.91 Å². The van der Waals surface area contributed by atoms with Crippen molar-refractivity contribution in [3.8, 4) is 12.1 Å².